The Morgan fingerprint density at radius 1 is 1.12 bits per heavy atom. The van der Waals surface area contributed by atoms with Crippen LogP contribution in [0.4, 0.5) is 5.82 Å². The van der Waals surface area contributed by atoms with Crippen LogP contribution in [0.3, 0.4) is 0 Å². The molecule has 3 aliphatic heterocycles. The molecule has 2 amide bonds. The molecule has 164 valence electrons. The summed E-state index contributed by atoms with van der Waals surface area (Å²) >= 11 is 0. The van der Waals surface area contributed by atoms with E-state index in [1.54, 1.807) is 49.0 Å². The van der Waals surface area contributed by atoms with E-state index in [9.17, 15) is 9.59 Å². The summed E-state index contributed by atoms with van der Waals surface area (Å²) in [5.41, 5.74) is 6.56. The average molecular weight is 436 g/mol. The smallest absolute Gasteiger partial charge is 0.261 e. The number of aromatic nitrogens is 4. The highest BCUT2D eigenvalue weighted by atomic mass is 16.8. The van der Waals surface area contributed by atoms with Crippen molar-refractivity contribution in [2.75, 3.05) is 18.9 Å². The second-order valence-corrected chi connectivity index (χ2v) is 8.55. The zero-order valence-electron chi connectivity index (χ0n) is 17.4. The molecule has 5 heterocycles. The van der Waals surface area contributed by atoms with E-state index in [-0.39, 0.29) is 30.8 Å². The number of carbonyl (C=O) groups is 2. The Balaban J connectivity index is 1.37. The number of benzene rings is 1. The molecule has 3 aliphatic rings. The molecule has 0 aliphatic carbocycles. The van der Waals surface area contributed by atoms with Crippen LogP contribution in [0.15, 0.2) is 36.9 Å². The van der Waals surface area contributed by atoms with Crippen LogP contribution in [0, 0.1) is 0 Å². The molecule has 3 atom stereocenters. The summed E-state index contributed by atoms with van der Waals surface area (Å²) in [6, 6.07) is 6.77. The lowest BCUT2D eigenvalue weighted by Gasteiger charge is -2.28. The predicted molar refractivity (Wildman–Crippen MR) is 109 cm³/mol. The Bertz CT molecular complexity index is 1250. The van der Waals surface area contributed by atoms with Gasteiger partial charge in [-0.15, -0.1) is 0 Å². The van der Waals surface area contributed by atoms with Crippen molar-refractivity contribution < 1.29 is 23.8 Å². The molecule has 11 heteroatoms. The number of anilines is 1. The van der Waals surface area contributed by atoms with Gasteiger partial charge in [0.25, 0.3) is 11.8 Å². The first-order valence-electron chi connectivity index (χ1n) is 10.2. The molecule has 1 aromatic carbocycles. The number of hydrogen-bond acceptors (Lipinski definition) is 9. The lowest BCUT2D eigenvalue weighted by Crippen LogP contribution is -2.47. The van der Waals surface area contributed by atoms with Crippen LogP contribution in [0.2, 0.25) is 0 Å². The molecule has 1 unspecified atom stereocenters. The summed E-state index contributed by atoms with van der Waals surface area (Å²) in [6.07, 6.45) is 1.68. The molecular formula is C21H20N6O5. The molecular weight excluding hydrogens is 416 g/mol. The monoisotopic (exact) mass is 436 g/mol. The second kappa shape index (κ2) is 6.31. The van der Waals surface area contributed by atoms with E-state index in [4.69, 9.17) is 19.9 Å². The van der Waals surface area contributed by atoms with Gasteiger partial charge in [0.1, 0.15) is 24.1 Å². The van der Waals surface area contributed by atoms with Gasteiger partial charge in [0.15, 0.2) is 17.3 Å². The first kappa shape index (κ1) is 19.3. The van der Waals surface area contributed by atoms with Gasteiger partial charge >= 0.3 is 0 Å². The van der Waals surface area contributed by atoms with Crippen molar-refractivity contribution >= 4 is 28.8 Å². The van der Waals surface area contributed by atoms with Gasteiger partial charge in [0.05, 0.1) is 30.6 Å². The topological polar surface area (TPSA) is 135 Å². The summed E-state index contributed by atoms with van der Waals surface area (Å²) in [5.74, 6) is -1.39. The van der Waals surface area contributed by atoms with Crippen molar-refractivity contribution in [3.63, 3.8) is 0 Å². The normalized spacial score (nSPS) is 28.5. The van der Waals surface area contributed by atoms with Gasteiger partial charge in [-0.3, -0.25) is 19.1 Å². The number of ether oxygens (including phenoxy) is 3. The standard InChI is InChI=1S/C21H20N6O5/c1-20(2)31-15-13(7-26-18(28)11-5-3-4-6-12(11)19(26)29)30-8-21(15,32-20)27-10-25-14-16(22)23-9-24-17(14)27/h3-6,9-10,13,15H,7-8H2,1-2H3,(H2,22,23,24)/t13?,15-,21+/m1/s1. The average Bonchev–Trinajstić information content (AvgIpc) is 3.46. The zero-order valence-corrected chi connectivity index (χ0v) is 17.4. The van der Waals surface area contributed by atoms with E-state index in [1.165, 1.54) is 11.2 Å². The van der Waals surface area contributed by atoms with Crippen molar-refractivity contribution in [2.24, 2.45) is 0 Å². The van der Waals surface area contributed by atoms with Gasteiger partial charge in [-0.2, -0.15) is 0 Å². The highest BCUT2D eigenvalue weighted by Gasteiger charge is 2.63. The van der Waals surface area contributed by atoms with E-state index < -0.39 is 23.7 Å². The molecule has 6 rings (SSSR count). The fourth-order valence-corrected chi connectivity index (χ4v) is 4.82. The second-order valence-electron chi connectivity index (χ2n) is 8.55. The van der Waals surface area contributed by atoms with Crippen LogP contribution < -0.4 is 5.73 Å². The van der Waals surface area contributed by atoms with E-state index in [0.717, 1.165) is 0 Å². The maximum atomic E-state index is 12.9. The van der Waals surface area contributed by atoms with Crippen molar-refractivity contribution in [1.82, 2.24) is 24.4 Å². The Morgan fingerprint density at radius 2 is 1.84 bits per heavy atom. The first-order chi connectivity index (χ1) is 15.3. The fraction of sp³-hybridized carbons (Fsp3) is 0.381. The molecule has 2 fully saturated rings. The van der Waals surface area contributed by atoms with Gasteiger partial charge in [0.2, 0.25) is 5.72 Å². The minimum atomic E-state index is -1.09. The number of rotatable bonds is 3. The maximum Gasteiger partial charge on any atom is 0.261 e. The number of fused-ring (bicyclic) bond motifs is 3. The summed E-state index contributed by atoms with van der Waals surface area (Å²) in [6.45, 7) is 3.75. The number of amides is 2. The van der Waals surface area contributed by atoms with Gasteiger partial charge in [-0.05, 0) is 26.0 Å². The van der Waals surface area contributed by atoms with Crippen LogP contribution in [-0.4, -0.2) is 67.4 Å². The lowest BCUT2D eigenvalue weighted by molar-refractivity contribution is -0.205. The van der Waals surface area contributed by atoms with E-state index in [2.05, 4.69) is 15.0 Å². The largest absolute Gasteiger partial charge is 0.382 e. The SMILES string of the molecule is CC1(C)O[C@@H]2C(CN3C(=O)c4ccccc4C3=O)OC[C@]2(n2cnc3c(N)ncnc32)O1. The van der Waals surface area contributed by atoms with Crippen LogP contribution in [0.1, 0.15) is 34.6 Å². The molecule has 0 saturated carbocycles. The predicted octanol–water partition coefficient (Wildman–Crippen LogP) is 0.908. The molecule has 2 aromatic heterocycles. The minimum absolute atomic E-state index is 0.0297. The van der Waals surface area contributed by atoms with Crippen LogP contribution >= 0.6 is 0 Å². The number of nitrogens with zero attached hydrogens (tertiary/aromatic N) is 5. The van der Waals surface area contributed by atoms with Gasteiger partial charge in [-0.1, -0.05) is 12.1 Å². The number of nitrogen functional groups attached to an aromatic ring is 1. The highest BCUT2D eigenvalue weighted by Crippen LogP contribution is 2.48. The maximum absolute atomic E-state index is 12.9. The Kier molecular flexibility index (Phi) is 3.80. The molecule has 32 heavy (non-hydrogen) atoms. The summed E-state index contributed by atoms with van der Waals surface area (Å²) in [5, 5.41) is 0. The highest BCUT2D eigenvalue weighted by molar-refractivity contribution is 6.21. The third-order valence-electron chi connectivity index (χ3n) is 6.13. The van der Waals surface area contributed by atoms with E-state index in [1.807, 2.05) is 0 Å². The molecule has 0 radical (unpaired) electrons. The Hall–Kier alpha value is -3.41. The van der Waals surface area contributed by atoms with E-state index in [0.29, 0.717) is 22.3 Å². The van der Waals surface area contributed by atoms with Crippen molar-refractivity contribution in [2.45, 2.75) is 37.6 Å². The van der Waals surface area contributed by atoms with Gasteiger partial charge in [0, 0.05) is 0 Å². The molecule has 0 bridgehead atoms. The van der Waals surface area contributed by atoms with Crippen molar-refractivity contribution in [1.29, 1.82) is 0 Å². The van der Waals surface area contributed by atoms with Crippen LogP contribution in [0.25, 0.3) is 11.2 Å². The summed E-state index contributed by atoms with van der Waals surface area (Å²) < 4.78 is 20.4. The number of imidazole rings is 1. The van der Waals surface area contributed by atoms with Crippen molar-refractivity contribution in [3.8, 4) is 0 Å². The lowest BCUT2D eigenvalue weighted by atomic mass is 10.0. The third kappa shape index (κ3) is 2.49. The van der Waals surface area contributed by atoms with Crippen LogP contribution in [0.5, 0.6) is 0 Å². The zero-order chi connectivity index (χ0) is 22.3. The molecule has 2 saturated heterocycles. The minimum Gasteiger partial charge on any atom is -0.382 e. The van der Waals surface area contributed by atoms with E-state index >= 15 is 0 Å². The number of nitrogens with two attached hydrogens (primary N) is 1. The van der Waals surface area contributed by atoms with Gasteiger partial charge in [-0.25, -0.2) is 15.0 Å². The summed E-state index contributed by atoms with van der Waals surface area (Å²) in [7, 11) is 0. The third-order valence-corrected chi connectivity index (χ3v) is 6.13. The van der Waals surface area contributed by atoms with Crippen LogP contribution in [-0.2, 0) is 19.9 Å². The molecule has 3 aromatic rings. The molecule has 2 N–H and O–H groups in total. The number of hydrogen-bond donors (Lipinski definition) is 1. The Morgan fingerprint density at radius 3 is 2.56 bits per heavy atom. The number of carbonyl (C=O) groups excluding carboxylic acids is 2. The summed E-state index contributed by atoms with van der Waals surface area (Å²) in [4.78, 5) is 39.6. The van der Waals surface area contributed by atoms with Crippen molar-refractivity contribution in [3.05, 3.63) is 48.0 Å². The quantitative estimate of drug-likeness (QED) is 0.594. The molecule has 0 spiro atoms. The fourth-order valence-electron chi connectivity index (χ4n) is 4.82. The number of imide groups is 1. The Labute approximate surface area is 182 Å². The molecule has 11 nitrogen and oxygen atoms in total. The first-order valence-corrected chi connectivity index (χ1v) is 10.2. The van der Waals surface area contributed by atoms with Gasteiger partial charge < -0.3 is 19.9 Å².